The lowest BCUT2D eigenvalue weighted by molar-refractivity contribution is -0.151. The van der Waals surface area contributed by atoms with E-state index in [0.717, 1.165) is 18.3 Å². The Morgan fingerprint density at radius 1 is 1.21 bits per heavy atom. The first-order valence-corrected chi connectivity index (χ1v) is 5.91. The quantitative estimate of drug-likeness (QED) is 0.494. The Bertz CT molecular complexity index is 278. The van der Waals surface area contributed by atoms with Crippen LogP contribution in [0.15, 0.2) is 0 Å². The summed E-state index contributed by atoms with van der Waals surface area (Å²) in [6.07, 6.45) is 3.69. The lowest BCUT2D eigenvalue weighted by atomic mass is 9.86. The minimum absolute atomic E-state index is 0.128. The van der Waals surface area contributed by atoms with E-state index >= 15 is 0 Å². The molecule has 3 heteroatoms. The molecule has 6 atom stereocenters. The summed E-state index contributed by atoms with van der Waals surface area (Å²) >= 11 is 6.30. The van der Waals surface area contributed by atoms with Gasteiger partial charge in [-0.3, -0.25) is 4.79 Å². The third-order valence-corrected chi connectivity index (χ3v) is 4.90. The maximum Gasteiger partial charge on any atom is 0.302 e. The Balaban J connectivity index is 1.81. The minimum Gasteiger partial charge on any atom is -0.462 e. The number of carbonyl (C=O) groups is 1. The van der Waals surface area contributed by atoms with Crippen molar-refractivity contribution in [3.63, 3.8) is 0 Å². The van der Waals surface area contributed by atoms with Crippen LogP contribution in [0, 0.1) is 23.7 Å². The van der Waals surface area contributed by atoms with Crippen LogP contribution >= 0.6 is 11.6 Å². The summed E-state index contributed by atoms with van der Waals surface area (Å²) < 4.78 is 5.43. The van der Waals surface area contributed by atoms with Gasteiger partial charge in [0, 0.05) is 18.2 Å². The number of carbonyl (C=O) groups excluding carboxylic acids is 1. The largest absolute Gasteiger partial charge is 0.462 e. The number of alkyl halides is 1. The van der Waals surface area contributed by atoms with Crippen LogP contribution in [0.1, 0.15) is 26.2 Å². The highest BCUT2D eigenvalue weighted by molar-refractivity contribution is 6.21. The summed E-state index contributed by atoms with van der Waals surface area (Å²) in [5.41, 5.74) is 0. The molecule has 0 unspecified atom stereocenters. The van der Waals surface area contributed by atoms with Crippen molar-refractivity contribution in [2.24, 2.45) is 23.7 Å². The summed E-state index contributed by atoms with van der Waals surface area (Å²) in [4.78, 5) is 11.0. The van der Waals surface area contributed by atoms with Gasteiger partial charge in [-0.25, -0.2) is 0 Å². The monoisotopic (exact) mass is 214 g/mol. The number of ether oxygens (including phenoxy) is 1. The molecule has 3 rings (SSSR count). The van der Waals surface area contributed by atoms with Crippen molar-refractivity contribution < 1.29 is 9.53 Å². The highest BCUT2D eigenvalue weighted by atomic mass is 35.5. The number of hydrogen-bond acceptors (Lipinski definition) is 2. The van der Waals surface area contributed by atoms with Crippen LogP contribution in [-0.2, 0) is 9.53 Å². The normalized spacial score (nSPS) is 53.9. The van der Waals surface area contributed by atoms with Crippen LogP contribution in [0.25, 0.3) is 0 Å². The predicted molar refractivity (Wildman–Crippen MR) is 53.0 cm³/mol. The molecule has 0 aromatic heterocycles. The third-order valence-electron chi connectivity index (χ3n) is 4.40. The molecule has 2 nitrogen and oxygen atoms in total. The van der Waals surface area contributed by atoms with Gasteiger partial charge in [0.05, 0.1) is 0 Å². The molecule has 3 aliphatic carbocycles. The zero-order valence-electron chi connectivity index (χ0n) is 8.28. The van der Waals surface area contributed by atoms with Gasteiger partial charge in [-0.15, -0.1) is 11.6 Å². The highest BCUT2D eigenvalue weighted by Gasteiger charge is 2.60. The van der Waals surface area contributed by atoms with Gasteiger partial charge in [-0.05, 0) is 37.0 Å². The van der Waals surface area contributed by atoms with Crippen LogP contribution in [-0.4, -0.2) is 17.5 Å². The van der Waals surface area contributed by atoms with Crippen molar-refractivity contribution in [3.8, 4) is 0 Å². The predicted octanol–water partition coefficient (Wildman–Crippen LogP) is 2.20. The molecule has 0 spiro atoms. The van der Waals surface area contributed by atoms with Crippen molar-refractivity contribution in [2.45, 2.75) is 37.7 Å². The number of rotatable bonds is 1. The summed E-state index contributed by atoms with van der Waals surface area (Å²) in [6.45, 7) is 1.51. The Kier molecular flexibility index (Phi) is 1.85. The van der Waals surface area contributed by atoms with Gasteiger partial charge < -0.3 is 4.74 Å². The van der Waals surface area contributed by atoms with Crippen molar-refractivity contribution in [1.29, 1.82) is 0 Å². The van der Waals surface area contributed by atoms with Gasteiger partial charge in [-0.2, -0.15) is 0 Å². The van der Waals surface area contributed by atoms with Gasteiger partial charge in [0.15, 0.2) is 0 Å². The van der Waals surface area contributed by atoms with Crippen LogP contribution in [0.3, 0.4) is 0 Å². The Hall–Kier alpha value is -0.240. The maximum absolute atomic E-state index is 11.0. The Morgan fingerprint density at radius 2 is 1.93 bits per heavy atom. The first-order valence-electron chi connectivity index (χ1n) is 5.48. The molecular weight excluding hydrogens is 200 g/mol. The van der Waals surface area contributed by atoms with E-state index in [1.807, 2.05) is 0 Å². The van der Waals surface area contributed by atoms with Gasteiger partial charge >= 0.3 is 5.97 Å². The Morgan fingerprint density at radius 3 is 2.64 bits per heavy atom. The topological polar surface area (TPSA) is 26.3 Å². The second-order valence-corrected chi connectivity index (χ2v) is 5.61. The molecule has 3 aliphatic rings. The van der Waals surface area contributed by atoms with Crippen LogP contribution in [0.2, 0.25) is 0 Å². The van der Waals surface area contributed by atoms with E-state index in [-0.39, 0.29) is 12.1 Å². The molecule has 0 N–H and O–H groups in total. The highest BCUT2D eigenvalue weighted by Crippen LogP contribution is 2.61. The summed E-state index contributed by atoms with van der Waals surface area (Å²) in [5.74, 6) is 2.54. The van der Waals surface area contributed by atoms with Gasteiger partial charge in [-0.1, -0.05) is 0 Å². The molecule has 0 amide bonds. The van der Waals surface area contributed by atoms with Gasteiger partial charge in [0.1, 0.15) is 6.10 Å². The SMILES string of the molecule is CC(=O)O[C@H]1[C@H]2C[C@H]3[C@@H]1C[C@@H](Cl)[C@H]3C2. The molecule has 2 bridgehead atoms. The summed E-state index contributed by atoms with van der Waals surface area (Å²) in [6, 6.07) is 0. The van der Waals surface area contributed by atoms with Crippen LogP contribution in [0.4, 0.5) is 0 Å². The molecule has 0 aliphatic heterocycles. The fourth-order valence-electron chi connectivity index (χ4n) is 4.03. The van der Waals surface area contributed by atoms with Crippen molar-refractivity contribution >= 4 is 17.6 Å². The maximum atomic E-state index is 11.0. The standard InChI is InChI=1S/C11H15ClO2/c1-5(13)14-11-6-2-7-8(3-6)10(12)4-9(7)11/h6-11H,2-4H2,1H3/t6-,7+,8-,9-,10+,11-/m0/s1. The zero-order chi connectivity index (χ0) is 9.87. The van der Waals surface area contributed by atoms with E-state index in [9.17, 15) is 4.79 Å². The Labute approximate surface area is 88.9 Å². The molecule has 78 valence electrons. The fraction of sp³-hybridized carbons (Fsp3) is 0.909. The fourth-order valence-corrected chi connectivity index (χ4v) is 4.53. The molecule has 0 aromatic carbocycles. The average Bonchev–Trinajstić information content (AvgIpc) is 2.67. The van der Waals surface area contributed by atoms with E-state index in [1.165, 1.54) is 19.8 Å². The molecule has 14 heavy (non-hydrogen) atoms. The van der Waals surface area contributed by atoms with E-state index in [0.29, 0.717) is 17.2 Å². The minimum atomic E-state index is -0.128. The van der Waals surface area contributed by atoms with Crippen LogP contribution < -0.4 is 0 Å². The number of fused-ring (bicyclic) bond motifs is 1. The van der Waals surface area contributed by atoms with E-state index in [2.05, 4.69) is 0 Å². The van der Waals surface area contributed by atoms with E-state index in [1.54, 1.807) is 0 Å². The van der Waals surface area contributed by atoms with Gasteiger partial charge in [0.25, 0.3) is 0 Å². The number of hydrogen-bond donors (Lipinski definition) is 0. The first kappa shape index (κ1) is 9.02. The molecule has 3 fully saturated rings. The van der Waals surface area contributed by atoms with E-state index < -0.39 is 0 Å². The zero-order valence-corrected chi connectivity index (χ0v) is 9.04. The van der Waals surface area contributed by atoms with Crippen LogP contribution in [0.5, 0.6) is 0 Å². The molecule has 0 saturated heterocycles. The van der Waals surface area contributed by atoms with Crippen molar-refractivity contribution in [3.05, 3.63) is 0 Å². The van der Waals surface area contributed by atoms with Gasteiger partial charge in [0.2, 0.25) is 0 Å². The molecular formula is C11H15ClO2. The molecule has 0 aromatic rings. The smallest absolute Gasteiger partial charge is 0.302 e. The average molecular weight is 215 g/mol. The lowest BCUT2D eigenvalue weighted by Crippen LogP contribution is -2.30. The number of halogens is 1. The van der Waals surface area contributed by atoms with Crippen molar-refractivity contribution in [1.82, 2.24) is 0 Å². The molecule has 3 saturated carbocycles. The second kappa shape index (κ2) is 2.88. The molecule has 0 radical (unpaired) electrons. The number of esters is 1. The first-order chi connectivity index (χ1) is 6.66. The summed E-state index contributed by atoms with van der Waals surface area (Å²) in [7, 11) is 0. The summed E-state index contributed by atoms with van der Waals surface area (Å²) in [5, 5.41) is 0.343. The third kappa shape index (κ3) is 1.06. The molecule has 0 heterocycles. The van der Waals surface area contributed by atoms with Crippen molar-refractivity contribution in [2.75, 3.05) is 0 Å². The van der Waals surface area contributed by atoms with E-state index in [4.69, 9.17) is 16.3 Å². The lowest BCUT2D eigenvalue weighted by Gasteiger charge is -2.27. The second-order valence-electron chi connectivity index (χ2n) is 5.05.